The molecule has 0 aliphatic heterocycles. The van der Waals surface area contributed by atoms with Crippen molar-refractivity contribution in [2.24, 2.45) is 5.41 Å². The Morgan fingerprint density at radius 3 is 2.57 bits per heavy atom. The highest BCUT2D eigenvalue weighted by Crippen LogP contribution is 2.35. The van der Waals surface area contributed by atoms with Gasteiger partial charge in [0, 0.05) is 24.6 Å². The van der Waals surface area contributed by atoms with E-state index in [1.54, 1.807) is 10.6 Å². The van der Waals surface area contributed by atoms with E-state index in [9.17, 15) is 19.8 Å². The van der Waals surface area contributed by atoms with Crippen LogP contribution in [0.1, 0.15) is 74.8 Å². The number of hydrogen-bond donors (Lipinski definition) is 3. The largest absolute Gasteiger partial charge is 0.494 e. The number of aromatic hydroxyl groups is 1. The van der Waals surface area contributed by atoms with Crippen LogP contribution in [-0.4, -0.2) is 42.4 Å². The molecule has 0 radical (unpaired) electrons. The Kier molecular flexibility index (Phi) is 4.49. The maximum Gasteiger partial charge on any atom is 0.291 e. The third kappa shape index (κ3) is 3.53. The van der Waals surface area contributed by atoms with Crippen LogP contribution in [0.15, 0.2) is 10.9 Å². The predicted molar refractivity (Wildman–Crippen MR) is 104 cm³/mol. The van der Waals surface area contributed by atoms with E-state index in [0.29, 0.717) is 25.0 Å². The number of carbonyl (C=O) groups excluding carboxylic acids is 1. The third-order valence-electron chi connectivity index (χ3n) is 5.47. The van der Waals surface area contributed by atoms with Crippen molar-refractivity contribution in [2.45, 2.75) is 77.5 Å². The monoisotopic (exact) mass is 388 g/mol. The van der Waals surface area contributed by atoms with Crippen LogP contribution >= 0.6 is 0 Å². The average Bonchev–Trinajstić information content (AvgIpc) is 3.12. The van der Waals surface area contributed by atoms with Crippen LogP contribution in [0.3, 0.4) is 0 Å². The lowest BCUT2D eigenvalue weighted by atomic mass is 9.96. The van der Waals surface area contributed by atoms with Crippen LogP contribution in [0.2, 0.25) is 0 Å². The second-order valence-corrected chi connectivity index (χ2v) is 9.40. The van der Waals surface area contributed by atoms with E-state index >= 15 is 0 Å². The van der Waals surface area contributed by atoms with Gasteiger partial charge in [0.1, 0.15) is 5.65 Å². The standard InChI is InChI=1S/C20H28N4O4/c1-20(2,3)10-23-15-9-14(11-4-7-13(25)8-11)22-24(15)19(28)16(18(23)27)17(26)21-12-5-6-12/h9,11-13,25,27H,4-8,10H2,1-3H3,(H,21,26)/t11?,13-/m0/s1. The molecule has 2 saturated carbocycles. The lowest BCUT2D eigenvalue weighted by molar-refractivity contribution is 0.0944. The number of aromatic nitrogens is 3. The number of rotatable bonds is 4. The van der Waals surface area contributed by atoms with Gasteiger partial charge in [-0.15, -0.1) is 0 Å². The molecule has 28 heavy (non-hydrogen) atoms. The summed E-state index contributed by atoms with van der Waals surface area (Å²) in [6.45, 7) is 6.49. The summed E-state index contributed by atoms with van der Waals surface area (Å²) in [4.78, 5) is 25.7. The summed E-state index contributed by atoms with van der Waals surface area (Å²) in [5, 5.41) is 28.0. The maximum atomic E-state index is 13.0. The van der Waals surface area contributed by atoms with Crippen LogP contribution in [0, 0.1) is 5.41 Å². The summed E-state index contributed by atoms with van der Waals surface area (Å²) in [5.41, 5.74) is 0.128. The first kappa shape index (κ1) is 19.0. The molecule has 0 aromatic carbocycles. The van der Waals surface area contributed by atoms with Crippen LogP contribution in [-0.2, 0) is 6.54 Å². The summed E-state index contributed by atoms with van der Waals surface area (Å²) in [5.74, 6) is -0.797. The van der Waals surface area contributed by atoms with Gasteiger partial charge in [-0.25, -0.2) is 0 Å². The minimum atomic E-state index is -0.611. The van der Waals surface area contributed by atoms with E-state index in [4.69, 9.17) is 0 Å². The third-order valence-corrected chi connectivity index (χ3v) is 5.47. The van der Waals surface area contributed by atoms with Gasteiger partial charge in [-0.2, -0.15) is 9.61 Å². The fourth-order valence-corrected chi connectivity index (χ4v) is 3.92. The van der Waals surface area contributed by atoms with Crippen LogP contribution < -0.4 is 10.9 Å². The molecule has 2 aliphatic carbocycles. The average molecular weight is 388 g/mol. The van der Waals surface area contributed by atoms with Gasteiger partial charge in [0.2, 0.25) is 5.88 Å². The van der Waals surface area contributed by atoms with E-state index in [1.165, 1.54) is 4.52 Å². The summed E-state index contributed by atoms with van der Waals surface area (Å²) in [7, 11) is 0. The van der Waals surface area contributed by atoms with E-state index in [1.807, 2.05) is 20.8 Å². The van der Waals surface area contributed by atoms with Gasteiger partial charge < -0.3 is 15.5 Å². The van der Waals surface area contributed by atoms with Gasteiger partial charge in [-0.05, 0) is 37.5 Å². The number of hydrogen-bond acceptors (Lipinski definition) is 5. The summed E-state index contributed by atoms with van der Waals surface area (Å²) in [6, 6.07) is 1.88. The molecule has 2 aromatic rings. The Morgan fingerprint density at radius 2 is 2.00 bits per heavy atom. The number of fused-ring (bicyclic) bond motifs is 1. The molecule has 8 nitrogen and oxygen atoms in total. The highest BCUT2D eigenvalue weighted by atomic mass is 16.3. The molecule has 3 N–H and O–H groups in total. The Balaban J connectivity index is 1.87. The SMILES string of the molecule is CC(C)(C)Cn1c(O)c(C(=O)NC2CC2)c(=O)n2nc(C3CC[C@H](O)C3)cc12. The second-order valence-electron chi connectivity index (χ2n) is 9.40. The van der Waals surface area contributed by atoms with Crippen molar-refractivity contribution in [1.82, 2.24) is 19.5 Å². The Labute approximate surface area is 163 Å². The van der Waals surface area contributed by atoms with E-state index in [2.05, 4.69) is 10.4 Å². The van der Waals surface area contributed by atoms with Crippen molar-refractivity contribution in [2.75, 3.05) is 0 Å². The summed E-state index contributed by atoms with van der Waals surface area (Å²) >= 11 is 0. The number of carbonyl (C=O) groups is 1. The van der Waals surface area contributed by atoms with Crippen molar-refractivity contribution in [3.63, 3.8) is 0 Å². The number of nitrogens with zero attached hydrogens (tertiary/aromatic N) is 3. The fraction of sp³-hybridized carbons (Fsp3) is 0.650. The molecule has 4 rings (SSSR count). The molecule has 2 aromatic heterocycles. The van der Waals surface area contributed by atoms with Gasteiger partial charge in [0.15, 0.2) is 5.56 Å². The van der Waals surface area contributed by atoms with Crippen molar-refractivity contribution < 1.29 is 15.0 Å². The van der Waals surface area contributed by atoms with Gasteiger partial charge in [0.25, 0.3) is 11.5 Å². The zero-order chi connectivity index (χ0) is 20.2. The lowest BCUT2D eigenvalue weighted by Gasteiger charge is -2.23. The number of nitrogens with one attached hydrogen (secondary N) is 1. The molecule has 8 heteroatoms. The topological polar surface area (TPSA) is 109 Å². The smallest absolute Gasteiger partial charge is 0.291 e. The van der Waals surface area contributed by atoms with Crippen LogP contribution in [0.5, 0.6) is 5.88 Å². The Hall–Kier alpha value is -2.35. The molecule has 1 amide bonds. The Bertz CT molecular complexity index is 981. The fourth-order valence-electron chi connectivity index (χ4n) is 3.92. The number of amides is 1. The molecule has 2 fully saturated rings. The van der Waals surface area contributed by atoms with Crippen molar-refractivity contribution >= 4 is 11.6 Å². The highest BCUT2D eigenvalue weighted by Gasteiger charge is 2.32. The van der Waals surface area contributed by atoms with Crippen molar-refractivity contribution in [3.05, 3.63) is 27.7 Å². The molecule has 2 heterocycles. The molecule has 0 saturated heterocycles. The van der Waals surface area contributed by atoms with E-state index in [0.717, 1.165) is 25.0 Å². The zero-order valence-electron chi connectivity index (χ0n) is 16.6. The molecular formula is C20H28N4O4. The van der Waals surface area contributed by atoms with Gasteiger partial charge in [-0.3, -0.25) is 14.2 Å². The first-order valence-electron chi connectivity index (χ1n) is 9.98. The van der Waals surface area contributed by atoms with Gasteiger partial charge in [-0.1, -0.05) is 20.8 Å². The Morgan fingerprint density at radius 1 is 1.29 bits per heavy atom. The van der Waals surface area contributed by atoms with Gasteiger partial charge >= 0.3 is 0 Å². The molecule has 0 spiro atoms. The van der Waals surface area contributed by atoms with Crippen molar-refractivity contribution in [3.8, 4) is 5.88 Å². The first-order chi connectivity index (χ1) is 13.1. The molecule has 0 bridgehead atoms. The van der Waals surface area contributed by atoms with Crippen molar-refractivity contribution in [1.29, 1.82) is 0 Å². The predicted octanol–water partition coefficient (Wildman–Crippen LogP) is 1.77. The summed E-state index contributed by atoms with van der Waals surface area (Å²) < 4.78 is 2.83. The molecule has 152 valence electrons. The lowest BCUT2D eigenvalue weighted by Crippen LogP contribution is -2.35. The highest BCUT2D eigenvalue weighted by molar-refractivity contribution is 5.96. The minimum absolute atomic E-state index is 0.0725. The second kappa shape index (κ2) is 6.62. The van der Waals surface area contributed by atoms with Gasteiger partial charge in [0.05, 0.1) is 11.8 Å². The van der Waals surface area contributed by atoms with Crippen LogP contribution in [0.4, 0.5) is 0 Å². The molecule has 2 atom stereocenters. The summed E-state index contributed by atoms with van der Waals surface area (Å²) in [6.07, 6.45) is 3.56. The minimum Gasteiger partial charge on any atom is -0.494 e. The quantitative estimate of drug-likeness (QED) is 0.740. The number of aliphatic hydroxyl groups is 1. The zero-order valence-corrected chi connectivity index (χ0v) is 16.6. The molecular weight excluding hydrogens is 360 g/mol. The molecule has 1 unspecified atom stereocenters. The first-order valence-corrected chi connectivity index (χ1v) is 9.98. The number of aliphatic hydroxyl groups excluding tert-OH is 1. The van der Waals surface area contributed by atoms with Crippen LogP contribution in [0.25, 0.3) is 5.65 Å². The normalized spacial score (nSPS) is 22.7. The maximum absolute atomic E-state index is 13.0. The molecule has 2 aliphatic rings. The van der Waals surface area contributed by atoms with E-state index < -0.39 is 11.5 Å². The van der Waals surface area contributed by atoms with E-state index in [-0.39, 0.29) is 34.9 Å².